The second kappa shape index (κ2) is 7.39. The molecule has 0 spiro atoms. The number of halogens is 1. The van der Waals surface area contributed by atoms with Gasteiger partial charge in [0, 0.05) is 18.4 Å². The summed E-state index contributed by atoms with van der Waals surface area (Å²) in [6.07, 6.45) is 12.0. The van der Waals surface area contributed by atoms with E-state index in [1.165, 1.54) is 44.2 Å². The summed E-state index contributed by atoms with van der Waals surface area (Å²) in [5.41, 5.74) is 1.86. The molecular formula is C21H22FN3O2. The van der Waals surface area contributed by atoms with Gasteiger partial charge in [-0.05, 0) is 48.2 Å². The quantitative estimate of drug-likeness (QED) is 0.650. The Morgan fingerprint density at radius 2 is 1.81 bits per heavy atom. The zero-order valence-electron chi connectivity index (χ0n) is 15.0. The first kappa shape index (κ1) is 17.5. The molecule has 1 aliphatic carbocycles. The van der Waals surface area contributed by atoms with E-state index >= 15 is 0 Å². The smallest absolute Gasteiger partial charge is 0.329 e. The molecule has 27 heavy (non-hydrogen) atoms. The summed E-state index contributed by atoms with van der Waals surface area (Å²) >= 11 is 0. The van der Waals surface area contributed by atoms with Crippen LogP contribution in [0.3, 0.4) is 0 Å². The Kier molecular flexibility index (Phi) is 4.79. The SMILES string of the molecule is O=C1N/C(=C/c2ccn(C3CCCCC3)c2)C(=O)N1Cc1ccc(F)cc1. The van der Waals surface area contributed by atoms with Crippen molar-refractivity contribution in [3.63, 3.8) is 0 Å². The molecule has 1 N–H and O–H groups in total. The highest BCUT2D eigenvalue weighted by atomic mass is 19.1. The van der Waals surface area contributed by atoms with Gasteiger partial charge in [-0.25, -0.2) is 9.18 Å². The van der Waals surface area contributed by atoms with Gasteiger partial charge >= 0.3 is 6.03 Å². The van der Waals surface area contributed by atoms with Gasteiger partial charge < -0.3 is 9.88 Å². The van der Waals surface area contributed by atoms with E-state index in [0.29, 0.717) is 11.6 Å². The van der Waals surface area contributed by atoms with E-state index < -0.39 is 6.03 Å². The van der Waals surface area contributed by atoms with Gasteiger partial charge in [0.15, 0.2) is 0 Å². The summed E-state index contributed by atoms with van der Waals surface area (Å²) in [7, 11) is 0. The van der Waals surface area contributed by atoms with E-state index in [0.717, 1.165) is 10.5 Å². The number of hydrogen-bond acceptors (Lipinski definition) is 2. The second-order valence-corrected chi connectivity index (χ2v) is 7.19. The van der Waals surface area contributed by atoms with Gasteiger partial charge in [-0.15, -0.1) is 0 Å². The van der Waals surface area contributed by atoms with Crippen molar-refractivity contribution < 1.29 is 14.0 Å². The first-order valence-electron chi connectivity index (χ1n) is 9.36. The van der Waals surface area contributed by atoms with Crippen LogP contribution >= 0.6 is 0 Å². The first-order chi connectivity index (χ1) is 13.1. The van der Waals surface area contributed by atoms with Crippen LogP contribution in [-0.4, -0.2) is 21.4 Å². The lowest BCUT2D eigenvalue weighted by molar-refractivity contribution is -0.123. The van der Waals surface area contributed by atoms with Crippen LogP contribution in [0.15, 0.2) is 48.4 Å². The average molecular weight is 367 g/mol. The van der Waals surface area contributed by atoms with E-state index in [-0.39, 0.29) is 24.0 Å². The maximum Gasteiger partial charge on any atom is 0.329 e. The predicted octanol–water partition coefficient (Wildman–Crippen LogP) is 4.23. The summed E-state index contributed by atoms with van der Waals surface area (Å²) in [6.45, 7) is 0.116. The van der Waals surface area contributed by atoms with Gasteiger partial charge in [-0.1, -0.05) is 31.4 Å². The lowest BCUT2D eigenvalue weighted by Gasteiger charge is -2.23. The zero-order valence-corrected chi connectivity index (χ0v) is 15.0. The van der Waals surface area contributed by atoms with Crippen molar-refractivity contribution in [3.05, 3.63) is 65.4 Å². The highest BCUT2D eigenvalue weighted by Crippen LogP contribution is 2.29. The molecule has 0 atom stereocenters. The maximum absolute atomic E-state index is 13.0. The third-order valence-corrected chi connectivity index (χ3v) is 5.26. The van der Waals surface area contributed by atoms with Crippen molar-refractivity contribution in [2.45, 2.75) is 44.7 Å². The summed E-state index contributed by atoms with van der Waals surface area (Å²) in [4.78, 5) is 25.9. The fourth-order valence-corrected chi connectivity index (χ4v) is 3.78. The lowest BCUT2D eigenvalue weighted by atomic mass is 9.95. The molecule has 140 valence electrons. The Morgan fingerprint density at radius 1 is 1.07 bits per heavy atom. The van der Waals surface area contributed by atoms with Crippen molar-refractivity contribution in [2.24, 2.45) is 0 Å². The molecule has 0 bridgehead atoms. The third-order valence-electron chi connectivity index (χ3n) is 5.26. The Labute approximate surface area is 157 Å². The maximum atomic E-state index is 13.0. The predicted molar refractivity (Wildman–Crippen MR) is 100 cm³/mol. The number of imide groups is 1. The van der Waals surface area contributed by atoms with Crippen LogP contribution in [0.4, 0.5) is 9.18 Å². The molecule has 2 aliphatic rings. The van der Waals surface area contributed by atoms with Gasteiger partial charge in [0.25, 0.3) is 5.91 Å². The van der Waals surface area contributed by atoms with Crippen molar-refractivity contribution in [1.82, 2.24) is 14.8 Å². The Balaban J connectivity index is 1.47. The van der Waals surface area contributed by atoms with Crippen LogP contribution < -0.4 is 5.32 Å². The van der Waals surface area contributed by atoms with Crippen molar-refractivity contribution in [1.29, 1.82) is 0 Å². The molecular weight excluding hydrogens is 345 g/mol. The minimum Gasteiger partial charge on any atom is -0.351 e. The Hall–Kier alpha value is -2.89. The van der Waals surface area contributed by atoms with Crippen molar-refractivity contribution in [3.8, 4) is 0 Å². The number of carbonyl (C=O) groups is 2. The number of urea groups is 1. The van der Waals surface area contributed by atoms with E-state index in [4.69, 9.17) is 0 Å². The molecule has 2 fully saturated rings. The standard InChI is InChI=1S/C21H22FN3O2/c22-17-8-6-15(7-9-17)14-25-20(26)19(23-21(25)27)12-16-10-11-24(13-16)18-4-2-1-3-5-18/h6-13,18H,1-5,14H2,(H,23,27)/b19-12+. The number of amides is 3. The summed E-state index contributed by atoms with van der Waals surface area (Å²) in [5, 5.41) is 2.64. The van der Waals surface area contributed by atoms with E-state index in [9.17, 15) is 14.0 Å². The van der Waals surface area contributed by atoms with Crippen LogP contribution in [0.2, 0.25) is 0 Å². The molecule has 0 radical (unpaired) electrons. The van der Waals surface area contributed by atoms with Crippen LogP contribution in [0.1, 0.15) is 49.3 Å². The molecule has 1 aliphatic heterocycles. The molecule has 3 amide bonds. The largest absolute Gasteiger partial charge is 0.351 e. The van der Waals surface area contributed by atoms with Gasteiger partial charge in [0.05, 0.1) is 6.54 Å². The van der Waals surface area contributed by atoms with Crippen molar-refractivity contribution >= 4 is 18.0 Å². The molecule has 6 heteroatoms. The molecule has 1 aromatic heterocycles. The molecule has 4 rings (SSSR count). The number of aromatic nitrogens is 1. The molecule has 1 saturated heterocycles. The van der Waals surface area contributed by atoms with Crippen LogP contribution in [0.5, 0.6) is 0 Å². The Morgan fingerprint density at radius 3 is 2.56 bits per heavy atom. The number of hydrogen-bond donors (Lipinski definition) is 1. The zero-order chi connectivity index (χ0) is 18.8. The Bertz CT molecular complexity index is 879. The summed E-state index contributed by atoms with van der Waals surface area (Å²) in [5.74, 6) is -0.714. The minimum absolute atomic E-state index is 0.116. The number of benzene rings is 1. The summed E-state index contributed by atoms with van der Waals surface area (Å²) < 4.78 is 15.2. The second-order valence-electron chi connectivity index (χ2n) is 7.19. The molecule has 5 nitrogen and oxygen atoms in total. The average Bonchev–Trinajstić information content (AvgIpc) is 3.25. The molecule has 2 heterocycles. The van der Waals surface area contributed by atoms with Gasteiger partial charge in [-0.3, -0.25) is 9.69 Å². The van der Waals surface area contributed by atoms with E-state index in [1.54, 1.807) is 18.2 Å². The molecule has 0 unspecified atom stereocenters. The van der Waals surface area contributed by atoms with Gasteiger partial charge in [-0.2, -0.15) is 0 Å². The highest BCUT2D eigenvalue weighted by molar-refractivity contribution is 6.13. The van der Waals surface area contributed by atoms with Crippen LogP contribution in [-0.2, 0) is 11.3 Å². The third kappa shape index (κ3) is 3.79. The lowest BCUT2D eigenvalue weighted by Crippen LogP contribution is -2.30. The number of carbonyl (C=O) groups excluding carboxylic acids is 2. The number of nitrogens with zero attached hydrogens (tertiary/aromatic N) is 2. The van der Waals surface area contributed by atoms with Gasteiger partial charge in [0.2, 0.25) is 0 Å². The number of rotatable bonds is 4. The topological polar surface area (TPSA) is 54.3 Å². The van der Waals surface area contributed by atoms with E-state index in [1.807, 2.05) is 18.5 Å². The fraction of sp³-hybridized carbons (Fsp3) is 0.333. The highest BCUT2D eigenvalue weighted by Gasteiger charge is 2.33. The van der Waals surface area contributed by atoms with Crippen molar-refractivity contribution in [2.75, 3.05) is 0 Å². The van der Waals surface area contributed by atoms with Crippen LogP contribution in [0.25, 0.3) is 6.08 Å². The molecule has 1 saturated carbocycles. The normalized spacial score (nSPS) is 19.7. The molecule has 2 aromatic rings. The monoisotopic (exact) mass is 367 g/mol. The summed E-state index contributed by atoms with van der Waals surface area (Å²) in [6, 6.07) is 7.81. The minimum atomic E-state index is -0.456. The first-order valence-corrected chi connectivity index (χ1v) is 9.36. The molecule has 1 aromatic carbocycles. The van der Waals surface area contributed by atoms with Crippen LogP contribution in [0, 0.1) is 5.82 Å². The van der Waals surface area contributed by atoms with Gasteiger partial charge in [0.1, 0.15) is 11.5 Å². The fourth-order valence-electron chi connectivity index (χ4n) is 3.78. The number of nitrogens with one attached hydrogen (secondary N) is 1. The van der Waals surface area contributed by atoms with E-state index in [2.05, 4.69) is 9.88 Å².